The van der Waals surface area contributed by atoms with E-state index >= 15 is 0 Å². The Balaban J connectivity index is 1.78. The monoisotopic (exact) mass is 234 g/mol. The van der Waals surface area contributed by atoms with Crippen LogP contribution in [0.2, 0.25) is 0 Å². The van der Waals surface area contributed by atoms with Crippen molar-refractivity contribution in [2.45, 2.75) is 31.5 Å². The van der Waals surface area contributed by atoms with Crippen LogP contribution in [0.25, 0.3) is 0 Å². The highest BCUT2D eigenvalue weighted by Crippen LogP contribution is 2.33. The molecule has 1 aromatic carbocycles. The van der Waals surface area contributed by atoms with Gasteiger partial charge in [-0.05, 0) is 36.1 Å². The van der Waals surface area contributed by atoms with E-state index in [0.717, 1.165) is 24.0 Å². The molecule has 4 heteroatoms. The summed E-state index contributed by atoms with van der Waals surface area (Å²) in [5.41, 5.74) is 2.09. The Bertz CT molecular complexity index is 455. The fraction of sp³-hybridized carbons (Fsp3) is 0.462. The molecule has 1 saturated heterocycles. The first-order chi connectivity index (χ1) is 8.24. The molecule has 0 aromatic heterocycles. The van der Waals surface area contributed by atoms with Gasteiger partial charge in [0, 0.05) is 6.42 Å². The molecule has 1 fully saturated rings. The van der Waals surface area contributed by atoms with Crippen molar-refractivity contribution in [2.75, 3.05) is 6.61 Å². The minimum absolute atomic E-state index is 0.287. The number of aliphatic hydroxyl groups excluding tert-OH is 1. The lowest BCUT2D eigenvalue weighted by Crippen LogP contribution is -2.21. The number of carbonyl (C=O) groups is 1. The van der Waals surface area contributed by atoms with E-state index in [0.29, 0.717) is 18.8 Å². The second-order valence-corrected chi connectivity index (χ2v) is 4.48. The van der Waals surface area contributed by atoms with Crippen molar-refractivity contribution in [3.63, 3.8) is 0 Å². The molecule has 1 unspecified atom stereocenters. The first kappa shape index (κ1) is 10.6. The molecule has 1 aliphatic carbocycles. The van der Waals surface area contributed by atoms with Crippen molar-refractivity contribution < 1.29 is 19.4 Å². The molecule has 3 rings (SSSR count). The first-order valence-electron chi connectivity index (χ1n) is 5.88. The Kier molecular flexibility index (Phi) is 2.52. The van der Waals surface area contributed by atoms with E-state index in [-0.39, 0.29) is 12.1 Å². The maximum absolute atomic E-state index is 11.3. The molecule has 0 bridgehead atoms. The number of ether oxygens (including phenoxy) is 2. The van der Waals surface area contributed by atoms with Crippen LogP contribution in [0.15, 0.2) is 18.2 Å². The van der Waals surface area contributed by atoms with Crippen molar-refractivity contribution >= 4 is 5.97 Å². The molecule has 2 aliphatic rings. The number of esters is 1. The van der Waals surface area contributed by atoms with Crippen LogP contribution in [0.5, 0.6) is 5.75 Å². The number of hydrogen-bond acceptors (Lipinski definition) is 4. The SMILES string of the molecule is O=C1OCCC1Oc1ccc2c(c1)CC[C@@H]2O. The number of rotatable bonds is 2. The third-order valence-electron chi connectivity index (χ3n) is 3.33. The van der Waals surface area contributed by atoms with E-state index < -0.39 is 6.10 Å². The number of benzene rings is 1. The van der Waals surface area contributed by atoms with Gasteiger partial charge in [-0.1, -0.05) is 6.07 Å². The molecule has 17 heavy (non-hydrogen) atoms. The number of carbonyl (C=O) groups excluding carboxylic acids is 1. The number of hydrogen-bond donors (Lipinski definition) is 1. The van der Waals surface area contributed by atoms with Gasteiger partial charge < -0.3 is 14.6 Å². The first-order valence-corrected chi connectivity index (χ1v) is 5.88. The predicted octanol–water partition coefficient (Wildman–Crippen LogP) is 1.36. The zero-order valence-electron chi connectivity index (χ0n) is 9.39. The summed E-state index contributed by atoms with van der Waals surface area (Å²) in [6.07, 6.45) is 1.42. The second-order valence-electron chi connectivity index (χ2n) is 4.48. The third kappa shape index (κ3) is 1.89. The summed E-state index contributed by atoms with van der Waals surface area (Å²) in [4.78, 5) is 11.3. The van der Waals surface area contributed by atoms with Gasteiger partial charge in [0.2, 0.25) is 0 Å². The Labute approximate surface area is 99.2 Å². The number of aliphatic hydroxyl groups is 1. The summed E-state index contributed by atoms with van der Waals surface area (Å²) in [5.74, 6) is 0.396. The minimum Gasteiger partial charge on any atom is -0.479 e. The third-order valence-corrected chi connectivity index (χ3v) is 3.33. The lowest BCUT2D eigenvalue weighted by molar-refractivity contribution is -0.143. The zero-order chi connectivity index (χ0) is 11.8. The fourth-order valence-electron chi connectivity index (χ4n) is 2.39. The Morgan fingerprint density at radius 3 is 3.00 bits per heavy atom. The summed E-state index contributed by atoms with van der Waals surface area (Å²) in [5, 5.41) is 9.68. The van der Waals surface area contributed by atoms with E-state index in [9.17, 15) is 9.90 Å². The average molecular weight is 234 g/mol. The quantitative estimate of drug-likeness (QED) is 0.785. The van der Waals surface area contributed by atoms with Crippen LogP contribution >= 0.6 is 0 Å². The molecule has 1 heterocycles. The maximum atomic E-state index is 11.3. The molecular formula is C13H14O4. The van der Waals surface area contributed by atoms with Crippen LogP contribution in [0.1, 0.15) is 30.1 Å². The molecule has 0 amide bonds. The smallest absolute Gasteiger partial charge is 0.347 e. The van der Waals surface area contributed by atoms with E-state index in [1.54, 1.807) is 6.07 Å². The Morgan fingerprint density at radius 2 is 2.24 bits per heavy atom. The van der Waals surface area contributed by atoms with Gasteiger partial charge in [0.1, 0.15) is 5.75 Å². The van der Waals surface area contributed by atoms with Gasteiger partial charge in [-0.2, -0.15) is 0 Å². The normalized spacial score (nSPS) is 26.8. The molecule has 1 aliphatic heterocycles. The van der Waals surface area contributed by atoms with Crippen LogP contribution in [0, 0.1) is 0 Å². The molecule has 4 nitrogen and oxygen atoms in total. The fourth-order valence-corrected chi connectivity index (χ4v) is 2.39. The minimum atomic E-state index is -0.473. The molecule has 1 aromatic rings. The van der Waals surface area contributed by atoms with E-state index in [2.05, 4.69) is 0 Å². The zero-order valence-corrected chi connectivity index (χ0v) is 9.39. The summed E-state index contributed by atoms with van der Waals surface area (Å²) in [6.45, 7) is 0.438. The second kappa shape index (κ2) is 4.04. The van der Waals surface area contributed by atoms with Gasteiger partial charge in [0.25, 0.3) is 0 Å². The van der Waals surface area contributed by atoms with Gasteiger partial charge >= 0.3 is 5.97 Å². The molecular weight excluding hydrogens is 220 g/mol. The van der Waals surface area contributed by atoms with Crippen molar-refractivity contribution in [3.05, 3.63) is 29.3 Å². The number of aryl methyl sites for hydroxylation is 1. The van der Waals surface area contributed by atoms with Gasteiger partial charge in [0.15, 0.2) is 6.10 Å². The highest BCUT2D eigenvalue weighted by atomic mass is 16.6. The van der Waals surface area contributed by atoms with Gasteiger partial charge in [-0.3, -0.25) is 0 Å². The standard InChI is InChI=1S/C13H14O4/c14-11-4-1-8-7-9(2-3-10(8)11)17-12-5-6-16-13(12)15/h2-3,7,11-12,14H,1,4-6H2/t11-,12?/m0/s1. The van der Waals surface area contributed by atoms with E-state index in [1.807, 2.05) is 12.1 Å². The van der Waals surface area contributed by atoms with Gasteiger partial charge in [-0.15, -0.1) is 0 Å². The summed E-state index contributed by atoms with van der Waals surface area (Å²) in [6, 6.07) is 5.60. The summed E-state index contributed by atoms with van der Waals surface area (Å²) in [7, 11) is 0. The van der Waals surface area contributed by atoms with Crippen LogP contribution in [0.3, 0.4) is 0 Å². The molecule has 0 radical (unpaired) electrons. The number of cyclic esters (lactones) is 1. The topological polar surface area (TPSA) is 55.8 Å². The van der Waals surface area contributed by atoms with Gasteiger partial charge in [0.05, 0.1) is 12.7 Å². The Morgan fingerprint density at radius 1 is 1.35 bits per heavy atom. The van der Waals surface area contributed by atoms with E-state index in [4.69, 9.17) is 9.47 Å². The van der Waals surface area contributed by atoms with Crippen molar-refractivity contribution in [1.82, 2.24) is 0 Å². The summed E-state index contributed by atoms with van der Waals surface area (Å²) >= 11 is 0. The molecule has 0 spiro atoms. The van der Waals surface area contributed by atoms with Crippen LogP contribution in [0.4, 0.5) is 0 Å². The molecule has 2 atom stereocenters. The largest absolute Gasteiger partial charge is 0.479 e. The van der Waals surface area contributed by atoms with E-state index in [1.165, 1.54) is 0 Å². The average Bonchev–Trinajstić information content (AvgIpc) is 2.87. The van der Waals surface area contributed by atoms with Crippen LogP contribution in [-0.2, 0) is 16.0 Å². The van der Waals surface area contributed by atoms with Crippen molar-refractivity contribution in [1.29, 1.82) is 0 Å². The number of fused-ring (bicyclic) bond motifs is 1. The molecule has 0 saturated carbocycles. The molecule has 1 N–H and O–H groups in total. The molecule has 90 valence electrons. The van der Waals surface area contributed by atoms with Gasteiger partial charge in [-0.25, -0.2) is 4.79 Å². The van der Waals surface area contributed by atoms with Crippen molar-refractivity contribution in [2.24, 2.45) is 0 Å². The summed E-state index contributed by atoms with van der Waals surface area (Å²) < 4.78 is 10.4. The lowest BCUT2D eigenvalue weighted by Gasteiger charge is -2.11. The van der Waals surface area contributed by atoms with Crippen LogP contribution < -0.4 is 4.74 Å². The highest BCUT2D eigenvalue weighted by molar-refractivity contribution is 5.76. The Hall–Kier alpha value is -1.55. The maximum Gasteiger partial charge on any atom is 0.347 e. The van der Waals surface area contributed by atoms with Crippen LogP contribution in [-0.4, -0.2) is 23.8 Å². The van der Waals surface area contributed by atoms with Crippen molar-refractivity contribution in [3.8, 4) is 5.75 Å². The highest BCUT2D eigenvalue weighted by Gasteiger charge is 2.29. The predicted molar refractivity (Wildman–Crippen MR) is 59.7 cm³/mol. The lowest BCUT2D eigenvalue weighted by atomic mass is 10.1.